The summed E-state index contributed by atoms with van der Waals surface area (Å²) in [5.41, 5.74) is -1.45. The fourth-order valence-corrected chi connectivity index (χ4v) is 1.47. The number of hydrogen-bond acceptors (Lipinski definition) is 3. The Balaban J connectivity index is 2.13. The second kappa shape index (κ2) is 5.60. The van der Waals surface area contributed by atoms with Crippen molar-refractivity contribution in [3.8, 4) is 5.75 Å². The largest absolute Gasteiger partial charge is 0.418 e. The molecular formula is C13H9F3N2O2. The van der Waals surface area contributed by atoms with E-state index in [-0.39, 0.29) is 5.75 Å². The maximum Gasteiger partial charge on any atom is 0.418 e. The third-order valence-corrected chi connectivity index (χ3v) is 2.32. The first-order valence-corrected chi connectivity index (χ1v) is 5.52. The first kappa shape index (κ1) is 13.9. The van der Waals surface area contributed by atoms with Gasteiger partial charge in [-0.2, -0.15) is 13.2 Å². The lowest BCUT2D eigenvalue weighted by Crippen LogP contribution is -2.20. The van der Waals surface area contributed by atoms with Gasteiger partial charge in [0, 0.05) is 6.20 Å². The second-order valence-corrected chi connectivity index (χ2v) is 3.75. The number of rotatable bonds is 2. The first-order chi connectivity index (χ1) is 9.47. The molecule has 1 aromatic heterocycles. The van der Waals surface area contributed by atoms with Crippen molar-refractivity contribution >= 4 is 11.8 Å². The van der Waals surface area contributed by atoms with Crippen molar-refractivity contribution in [2.75, 3.05) is 5.32 Å². The summed E-state index contributed by atoms with van der Waals surface area (Å²) < 4.78 is 43.0. The number of carbonyl (C=O) groups excluding carboxylic acids is 1. The van der Waals surface area contributed by atoms with Gasteiger partial charge in [-0.25, -0.2) is 4.79 Å². The Kier molecular flexibility index (Phi) is 3.88. The number of anilines is 1. The van der Waals surface area contributed by atoms with E-state index in [4.69, 9.17) is 4.74 Å². The van der Waals surface area contributed by atoms with Crippen molar-refractivity contribution < 1.29 is 22.7 Å². The van der Waals surface area contributed by atoms with Crippen LogP contribution in [0.25, 0.3) is 0 Å². The fraction of sp³-hybridized carbons (Fsp3) is 0.0769. The zero-order valence-corrected chi connectivity index (χ0v) is 10.0. The Hall–Kier alpha value is -2.57. The predicted molar refractivity (Wildman–Crippen MR) is 65.3 cm³/mol. The van der Waals surface area contributed by atoms with Gasteiger partial charge in [-0.15, -0.1) is 0 Å². The molecule has 104 valence electrons. The minimum Gasteiger partial charge on any atom is -0.410 e. The molecular weight excluding hydrogens is 273 g/mol. The van der Waals surface area contributed by atoms with Crippen LogP contribution in [0.15, 0.2) is 48.8 Å². The van der Waals surface area contributed by atoms with Crippen LogP contribution >= 0.6 is 0 Å². The molecule has 0 bridgehead atoms. The maximum atomic E-state index is 12.7. The van der Waals surface area contributed by atoms with Gasteiger partial charge in [0.25, 0.3) is 0 Å². The first-order valence-electron chi connectivity index (χ1n) is 5.52. The molecule has 7 heteroatoms. The Morgan fingerprint density at radius 3 is 2.50 bits per heavy atom. The molecule has 1 aromatic carbocycles. The molecule has 0 fully saturated rings. The van der Waals surface area contributed by atoms with Gasteiger partial charge in [0.15, 0.2) is 0 Å². The van der Waals surface area contributed by atoms with E-state index in [1.54, 1.807) is 18.2 Å². The number of halogens is 3. The summed E-state index contributed by atoms with van der Waals surface area (Å²) >= 11 is 0. The molecule has 2 aromatic rings. The molecule has 20 heavy (non-hydrogen) atoms. The third kappa shape index (κ3) is 3.47. The van der Waals surface area contributed by atoms with Crippen LogP contribution in [0.2, 0.25) is 0 Å². The molecule has 0 aliphatic heterocycles. The molecule has 1 N–H and O–H groups in total. The van der Waals surface area contributed by atoms with Gasteiger partial charge in [-0.1, -0.05) is 18.2 Å². The highest BCUT2D eigenvalue weighted by Gasteiger charge is 2.34. The minimum atomic E-state index is -4.59. The number of carbonyl (C=O) groups is 1. The molecule has 1 amide bonds. The van der Waals surface area contributed by atoms with E-state index in [0.717, 1.165) is 18.5 Å². The molecule has 2 rings (SSSR count). The molecule has 0 aliphatic carbocycles. The number of hydrogen-bond donors (Lipinski definition) is 1. The number of benzene rings is 1. The number of ether oxygens (including phenoxy) is 1. The minimum absolute atomic E-state index is 0.224. The maximum absolute atomic E-state index is 12.7. The van der Waals surface area contributed by atoms with Crippen LogP contribution in [0.4, 0.5) is 23.7 Å². The molecule has 4 nitrogen and oxygen atoms in total. The van der Waals surface area contributed by atoms with Crippen LogP contribution in [-0.4, -0.2) is 11.1 Å². The van der Waals surface area contributed by atoms with Crippen LogP contribution in [0.1, 0.15) is 5.56 Å². The number of amides is 1. The highest BCUT2D eigenvalue weighted by Crippen LogP contribution is 2.34. The highest BCUT2D eigenvalue weighted by molar-refractivity contribution is 5.87. The van der Waals surface area contributed by atoms with E-state index >= 15 is 0 Å². The summed E-state index contributed by atoms with van der Waals surface area (Å²) in [7, 11) is 0. The summed E-state index contributed by atoms with van der Waals surface area (Å²) in [6, 6.07) is 8.77. The van der Waals surface area contributed by atoms with E-state index in [1.165, 1.54) is 12.1 Å². The molecule has 0 saturated heterocycles. The average Bonchev–Trinajstić information content (AvgIpc) is 2.39. The van der Waals surface area contributed by atoms with Gasteiger partial charge in [0.1, 0.15) is 5.75 Å². The zero-order chi connectivity index (χ0) is 14.6. The topological polar surface area (TPSA) is 51.2 Å². The number of aromatic nitrogens is 1. The summed E-state index contributed by atoms with van der Waals surface area (Å²) in [5.74, 6) is 0.224. The Morgan fingerprint density at radius 1 is 1.15 bits per heavy atom. The van der Waals surface area contributed by atoms with Crippen molar-refractivity contribution in [2.24, 2.45) is 0 Å². The highest BCUT2D eigenvalue weighted by atomic mass is 19.4. The number of nitrogens with zero attached hydrogens (tertiary/aromatic N) is 1. The summed E-state index contributed by atoms with van der Waals surface area (Å²) in [6.07, 6.45) is -3.70. The molecule has 0 unspecified atom stereocenters. The SMILES string of the molecule is O=C(Nc1cnccc1C(F)(F)F)Oc1ccccc1. The van der Waals surface area contributed by atoms with Crippen LogP contribution < -0.4 is 10.1 Å². The fourth-order valence-electron chi connectivity index (χ4n) is 1.47. The number of pyridine rings is 1. The van der Waals surface area contributed by atoms with E-state index in [2.05, 4.69) is 4.98 Å². The molecule has 0 radical (unpaired) electrons. The van der Waals surface area contributed by atoms with Crippen molar-refractivity contribution in [3.63, 3.8) is 0 Å². The normalized spacial score (nSPS) is 10.9. The van der Waals surface area contributed by atoms with E-state index in [9.17, 15) is 18.0 Å². The second-order valence-electron chi connectivity index (χ2n) is 3.75. The Labute approximate surface area is 112 Å². The van der Waals surface area contributed by atoms with Crippen molar-refractivity contribution in [1.29, 1.82) is 0 Å². The van der Waals surface area contributed by atoms with Gasteiger partial charge in [0.2, 0.25) is 0 Å². The molecule has 0 aliphatic rings. The van der Waals surface area contributed by atoms with E-state index < -0.39 is 23.5 Å². The van der Waals surface area contributed by atoms with Crippen molar-refractivity contribution in [2.45, 2.75) is 6.18 Å². The lowest BCUT2D eigenvalue weighted by atomic mass is 10.2. The predicted octanol–water partition coefficient (Wildman–Crippen LogP) is 3.71. The van der Waals surface area contributed by atoms with Gasteiger partial charge in [0.05, 0.1) is 17.4 Å². The number of alkyl halides is 3. The average molecular weight is 282 g/mol. The number of para-hydroxylation sites is 1. The van der Waals surface area contributed by atoms with Gasteiger partial charge >= 0.3 is 12.3 Å². The Morgan fingerprint density at radius 2 is 1.85 bits per heavy atom. The molecule has 0 saturated carbocycles. The van der Waals surface area contributed by atoms with Crippen molar-refractivity contribution in [3.05, 3.63) is 54.4 Å². The summed E-state index contributed by atoms with van der Waals surface area (Å²) in [5, 5.41) is 2.02. The zero-order valence-electron chi connectivity index (χ0n) is 10.0. The van der Waals surface area contributed by atoms with Crippen LogP contribution in [-0.2, 0) is 6.18 Å². The monoisotopic (exact) mass is 282 g/mol. The van der Waals surface area contributed by atoms with Gasteiger partial charge in [-0.3, -0.25) is 10.3 Å². The lowest BCUT2D eigenvalue weighted by molar-refractivity contribution is -0.137. The standard InChI is InChI=1S/C13H9F3N2O2/c14-13(15,16)10-6-7-17-8-11(10)18-12(19)20-9-4-2-1-3-5-9/h1-8H,(H,18,19). The molecule has 0 spiro atoms. The van der Waals surface area contributed by atoms with Crippen LogP contribution in [0, 0.1) is 0 Å². The van der Waals surface area contributed by atoms with E-state index in [1.807, 2.05) is 5.32 Å². The smallest absolute Gasteiger partial charge is 0.410 e. The third-order valence-electron chi connectivity index (χ3n) is 2.32. The van der Waals surface area contributed by atoms with Gasteiger partial charge < -0.3 is 4.74 Å². The van der Waals surface area contributed by atoms with Crippen molar-refractivity contribution in [1.82, 2.24) is 4.98 Å². The number of nitrogens with one attached hydrogen (secondary N) is 1. The lowest BCUT2D eigenvalue weighted by Gasteiger charge is -2.12. The molecule has 0 atom stereocenters. The van der Waals surface area contributed by atoms with Gasteiger partial charge in [-0.05, 0) is 18.2 Å². The van der Waals surface area contributed by atoms with Crippen LogP contribution in [0.3, 0.4) is 0 Å². The van der Waals surface area contributed by atoms with E-state index in [0.29, 0.717) is 0 Å². The summed E-state index contributed by atoms with van der Waals surface area (Å²) in [4.78, 5) is 15.1. The molecule has 1 heterocycles. The summed E-state index contributed by atoms with van der Waals surface area (Å²) in [6.45, 7) is 0. The Bertz CT molecular complexity index is 600. The van der Waals surface area contributed by atoms with Crippen LogP contribution in [0.5, 0.6) is 5.75 Å². The quantitative estimate of drug-likeness (QED) is 0.913.